The summed E-state index contributed by atoms with van der Waals surface area (Å²) < 4.78 is 18.1. The summed E-state index contributed by atoms with van der Waals surface area (Å²) in [5.74, 6) is 0. The normalized spacial score (nSPS) is 12.5. The molecule has 0 aliphatic rings. The Morgan fingerprint density at radius 1 is 1.04 bits per heavy atom. The van der Waals surface area contributed by atoms with Crippen LogP contribution in [0.15, 0.2) is 29.4 Å². The van der Waals surface area contributed by atoms with Gasteiger partial charge in [0, 0.05) is 52.4 Å². The van der Waals surface area contributed by atoms with E-state index in [-0.39, 0.29) is 5.69 Å². The summed E-state index contributed by atoms with van der Waals surface area (Å²) in [5.41, 5.74) is 3.94. The van der Waals surface area contributed by atoms with Crippen molar-refractivity contribution in [3.05, 3.63) is 34.4 Å². The van der Waals surface area contributed by atoms with Crippen molar-refractivity contribution < 1.29 is 9.49 Å². The summed E-state index contributed by atoms with van der Waals surface area (Å²) in [7, 11) is 0.535. The van der Waals surface area contributed by atoms with Crippen LogP contribution in [0.2, 0.25) is 0 Å². The molecule has 0 amide bonds. The van der Waals surface area contributed by atoms with Crippen LogP contribution in [0.3, 0.4) is 0 Å². The third-order valence-electron chi connectivity index (χ3n) is 4.25. The highest BCUT2D eigenvalue weighted by Crippen LogP contribution is 2.54. The predicted molar refractivity (Wildman–Crippen MR) is 111 cm³/mol. The van der Waals surface area contributed by atoms with Gasteiger partial charge in [-0.3, -0.25) is 20.1 Å². The van der Waals surface area contributed by atoms with Crippen molar-refractivity contribution in [2.24, 2.45) is 5.10 Å². The molecular weight excluding hydrogens is 367 g/mol. The molecule has 0 unspecified atom stereocenters. The topological polar surface area (TPSA) is 94.3 Å². The van der Waals surface area contributed by atoms with E-state index in [1.165, 1.54) is 12.1 Å². The quantitative estimate of drug-likeness (QED) is 0.211. The number of benzene rings is 1. The van der Waals surface area contributed by atoms with Gasteiger partial charge in [0.05, 0.1) is 10.6 Å². The molecule has 27 heavy (non-hydrogen) atoms. The van der Waals surface area contributed by atoms with Crippen LogP contribution in [0.4, 0.5) is 11.4 Å². The molecule has 0 aliphatic carbocycles. The van der Waals surface area contributed by atoms with E-state index in [0.29, 0.717) is 37.4 Å². The molecule has 1 N–H and O–H groups in total. The molecule has 0 atom stereocenters. The number of hydrogen-bond donors (Lipinski definition) is 1. The lowest BCUT2D eigenvalue weighted by atomic mass is 10.3. The standard InChI is InChI=1S/C17H31N6O3P/c1-7-21(8-2)27(26,22(9-3)10-4)17(20(5)6)19-18-15-11-13-16(14-12-15)23(24)25/h11-14,18H,7-10H2,1-6H3. The third-order valence-corrected chi connectivity index (χ3v) is 7.94. The minimum absolute atomic E-state index is 0.00863. The Hall–Kier alpha value is -1.96. The van der Waals surface area contributed by atoms with Crippen LogP contribution in [0.1, 0.15) is 27.7 Å². The molecule has 1 aromatic rings. The van der Waals surface area contributed by atoms with Gasteiger partial charge in [0.15, 0.2) is 0 Å². The first-order valence-electron chi connectivity index (χ1n) is 9.12. The van der Waals surface area contributed by atoms with Gasteiger partial charge in [-0.25, -0.2) is 9.34 Å². The second-order valence-corrected chi connectivity index (χ2v) is 8.66. The summed E-state index contributed by atoms with van der Waals surface area (Å²) in [6.45, 7) is 10.5. The highest BCUT2D eigenvalue weighted by Gasteiger charge is 2.41. The Morgan fingerprint density at radius 2 is 1.48 bits per heavy atom. The van der Waals surface area contributed by atoms with Crippen molar-refractivity contribution in [3.8, 4) is 0 Å². The molecule has 10 heteroatoms. The van der Waals surface area contributed by atoms with Gasteiger partial charge in [-0.15, -0.1) is 0 Å². The molecule has 0 radical (unpaired) electrons. The van der Waals surface area contributed by atoms with Crippen LogP contribution >= 0.6 is 7.44 Å². The van der Waals surface area contributed by atoms with Gasteiger partial charge in [-0.05, 0) is 12.1 Å². The fourth-order valence-corrected chi connectivity index (χ4v) is 5.94. The van der Waals surface area contributed by atoms with Crippen molar-refractivity contribution in [1.82, 2.24) is 14.2 Å². The van der Waals surface area contributed by atoms with Crippen molar-refractivity contribution in [3.63, 3.8) is 0 Å². The van der Waals surface area contributed by atoms with E-state index in [1.54, 1.807) is 17.0 Å². The molecule has 1 aromatic carbocycles. The largest absolute Gasteiger partial charge is 0.356 e. The molecule has 0 bridgehead atoms. The first-order valence-corrected chi connectivity index (χ1v) is 10.7. The highest BCUT2D eigenvalue weighted by atomic mass is 31.2. The van der Waals surface area contributed by atoms with Gasteiger partial charge < -0.3 is 4.90 Å². The number of nitrogens with one attached hydrogen (secondary N) is 1. The Labute approximate surface area is 161 Å². The van der Waals surface area contributed by atoms with Crippen LogP contribution in [0.25, 0.3) is 0 Å². The molecule has 0 fully saturated rings. The predicted octanol–water partition coefficient (Wildman–Crippen LogP) is 3.72. The summed E-state index contributed by atoms with van der Waals surface area (Å²) in [6, 6.07) is 5.96. The molecule has 152 valence electrons. The van der Waals surface area contributed by atoms with Crippen LogP contribution in [-0.4, -0.2) is 65.0 Å². The fraction of sp³-hybridized carbons (Fsp3) is 0.588. The molecule has 0 aliphatic heterocycles. The van der Waals surface area contributed by atoms with Crippen molar-refractivity contribution in [2.75, 3.05) is 45.7 Å². The van der Waals surface area contributed by atoms with Gasteiger partial charge in [0.25, 0.3) is 13.1 Å². The molecular formula is C17H31N6O3P. The van der Waals surface area contributed by atoms with Gasteiger partial charge >= 0.3 is 0 Å². The average molecular weight is 398 g/mol. The summed E-state index contributed by atoms with van der Waals surface area (Å²) in [5, 5.41) is 15.2. The Balaban J connectivity index is 3.33. The second kappa shape index (κ2) is 10.4. The van der Waals surface area contributed by atoms with Crippen LogP contribution in [0.5, 0.6) is 0 Å². The maximum atomic E-state index is 14.2. The zero-order valence-corrected chi connectivity index (χ0v) is 17.9. The van der Waals surface area contributed by atoms with E-state index in [9.17, 15) is 14.7 Å². The summed E-state index contributed by atoms with van der Waals surface area (Å²) in [4.78, 5) is 12.1. The van der Waals surface area contributed by atoms with E-state index in [0.717, 1.165) is 0 Å². The number of nitro benzene ring substituents is 1. The van der Waals surface area contributed by atoms with E-state index >= 15 is 0 Å². The summed E-state index contributed by atoms with van der Waals surface area (Å²) >= 11 is 0. The van der Waals surface area contributed by atoms with Crippen molar-refractivity contribution in [1.29, 1.82) is 0 Å². The van der Waals surface area contributed by atoms with E-state index < -0.39 is 12.4 Å². The molecule has 0 spiro atoms. The molecule has 0 saturated carbocycles. The van der Waals surface area contributed by atoms with Crippen LogP contribution in [0, 0.1) is 10.1 Å². The lowest BCUT2D eigenvalue weighted by Gasteiger charge is -2.39. The van der Waals surface area contributed by atoms with Gasteiger partial charge in [-0.1, -0.05) is 27.7 Å². The SMILES string of the molecule is CCN(CC)P(=O)(C(=NNc1ccc([N+](=O)[O-])cc1)N(C)C)N(CC)CC. The first-order chi connectivity index (χ1) is 12.8. The zero-order chi connectivity index (χ0) is 20.6. The fourth-order valence-electron chi connectivity index (χ4n) is 2.84. The molecule has 0 heterocycles. The van der Waals surface area contributed by atoms with E-state index in [4.69, 9.17) is 0 Å². The molecule has 1 rings (SSSR count). The summed E-state index contributed by atoms with van der Waals surface area (Å²) in [6.07, 6.45) is 0. The first kappa shape index (κ1) is 23.1. The number of amidine groups is 1. The number of hydrogen-bond acceptors (Lipinski definition) is 5. The minimum Gasteiger partial charge on any atom is -0.356 e. The van der Waals surface area contributed by atoms with Crippen LogP contribution in [-0.2, 0) is 4.57 Å². The lowest BCUT2D eigenvalue weighted by Crippen LogP contribution is -2.40. The smallest absolute Gasteiger partial charge is 0.281 e. The third kappa shape index (κ3) is 5.28. The maximum Gasteiger partial charge on any atom is 0.281 e. The van der Waals surface area contributed by atoms with Gasteiger partial charge in [0.1, 0.15) is 0 Å². The minimum atomic E-state index is -3.10. The van der Waals surface area contributed by atoms with Crippen LogP contribution < -0.4 is 5.43 Å². The zero-order valence-electron chi connectivity index (χ0n) is 17.0. The number of non-ortho nitro benzene ring substituents is 1. The number of rotatable bonds is 10. The number of hydrazone groups is 1. The second-order valence-electron chi connectivity index (χ2n) is 6.04. The maximum absolute atomic E-state index is 14.2. The number of nitrogens with zero attached hydrogens (tertiary/aromatic N) is 5. The monoisotopic (exact) mass is 398 g/mol. The Bertz CT molecular complexity index is 668. The van der Waals surface area contributed by atoms with Gasteiger partial charge in [0.2, 0.25) is 5.58 Å². The molecule has 0 saturated heterocycles. The highest BCUT2D eigenvalue weighted by molar-refractivity contribution is 7.76. The van der Waals surface area contributed by atoms with Gasteiger partial charge in [-0.2, -0.15) is 5.10 Å². The number of nitro groups is 1. The van der Waals surface area contributed by atoms with E-state index in [1.807, 2.05) is 51.1 Å². The van der Waals surface area contributed by atoms with Crippen molar-refractivity contribution in [2.45, 2.75) is 27.7 Å². The van der Waals surface area contributed by atoms with E-state index in [2.05, 4.69) is 10.5 Å². The number of anilines is 1. The molecule has 9 nitrogen and oxygen atoms in total. The molecule has 0 aromatic heterocycles. The average Bonchev–Trinajstić information content (AvgIpc) is 2.63. The Morgan fingerprint density at radius 3 is 1.81 bits per heavy atom. The lowest BCUT2D eigenvalue weighted by molar-refractivity contribution is -0.384. The Kier molecular flexibility index (Phi) is 8.88. The van der Waals surface area contributed by atoms with Crippen molar-refractivity contribution >= 4 is 24.4 Å².